The van der Waals surface area contributed by atoms with Crippen LogP contribution in [0.1, 0.15) is 82.3 Å². The maximum Gasteiger partial charge on any atom is 0.160 e. The van der Waals surface area contributed by atoms with Gasteiger partial charge in [-0.25, -0.2) is 9.97 Å². The molecule has 0 radical (unpaired) electrons. The molecule has 4 heteroatoms. The normalized spacial score (nSPS) is 14.6. The van der Waals surface area contributed by atoms with E-state index in [4.69, 9.17) is 14.4 Å². The van der Waals surface area contributed by atoms with Crippen LogP contribution in [0, 0.1) is 23.2 Å². The number of para-hydroxylation sites is 1. The quantitative estimate of drug-likeness (QED) is 0.143. The molecule has 1 atom stereocenters. The summed E-state index contributed by atoms with van der Waals surface area (Å²) in [6.45, 7) is 13.8. The van der Waals surface area contributed by atoms with Crippen molar-refractivity contribution in [1.29, 1.82) is 0 Å². The summed E-state index contributed by atoms with van der Waals surface area (Å²) < 4.78 is 9.06. The van der Waals surface area contributed by atoms with Gasteiger partial charge >= 0.3 is 0 Å². The molecule has 3 aromatic heterocycles. The van der Waals surface area contributed by atoms with Crippen molar-refractivity contribution in [3.63, 3.8) is 0 Å². The van der Waals surface area contributed by atoms with Crippen LogP contribution < -0.4 is 0 Å². The zero-order valence-corrected chi connectivity index (χ0v) is 44.1. The van der Waals surface area contributed by atoms with E-state index in [9.17, 15) is 0 Å². The predicted octanol–water partition coefficient (Wildman–Crippen LogP) is 18.9. The molecular weight excluding hydrogens is 923 g/mol. The van der Waals surface area contributed by atoms with Crippen molar-refractivity contribution in [3.8, 4) is 73.7 Å². The molecule has 0 saturated carbocycles. The van der Waals surface area contributed by atoms with Gasteiger partial charge in [0.2, 0.25) is 0 Å². The Morgan fingerprint density at radius 2 is 1.14 bits per heavy atom. The number of benzene rings is 8. The van der Waals surface area contributed by atoms with Crippen molar-refractivity contribution in [2.24, 2.45) is 11.3 Å². The number of hydrogen-bond donors (Lipinski definition) is 0. The Balaban J connectivity index is 1.11. The molecule has 0 saturated heterocycles. The van der Waals surface area contributed by atoms with E-state index in [1.807, 2.05) is 18.2 Å². The third-order valence-electron chi connectivity index (χ3n) is 15.7. The summed E-state index contributed by atoms with van der Waals surface area (Å²) in [4.78, 5) is 10.8. The highest BCUT2D eigenvalue weighted by atomic mass is 16.3. The number of hydrogen-bond acceptors (Lipinski definition) is 3. The van der Waals surface area contributed by atoms with E-state index in [0.717, 1.165) is 97.2 Å². The van der Waals surface area contributed by atoms with Crippen LogP contribution in [0.25, 0.3) is 112 Å². The van der Waals surface area contributed by atoms with Crippen molar-refractivity contribution < 1.29 is 4.42 Å². The van der Waals surface area contributed by atoms with Crippen LogP contribution >= 0.6 is 0 Å². The van der Waals surface area contributed by atoms with E-state index in [0.29, 0.717) is 5.82 Å². The zero-order valence-electron chi connectivity index (χ0n) is 44.1. The molecule has 11 aromatic rings. The molecule has 0 fully saturated rings. The lowest BCUT2D eigenvalue weighted by molar-refractivity contribution is 0.305. The molecule has 0 amide bonds. The monoisotopic (exact) mass is 981 g/mol. The first-order valence-electron chi connectivity index (χ1n) is 26.8. The van der Waals surface area contributed by atoms with Gasteiger partial charge in [-0.2, -0.15) is 0 Å². The molecule has 1 unspecified atom stereocenters. The van der Waals surface area contributed by atoms with Gasteiger partial charge in [-0.05, 0) is 118 Å². The summed E-state index contributed by atoms with van der Waals surface area (Å²) in [5.41, 5.74) is 21.8. The van der Waals surface area contributed by atoms with Gasteiger partial charge in [0.25, 0.3) is 0 Å². The van der Waals surface area contributed by atoms with Crippen LogP contribution in [0.15, 0.2) is 205 Å². The van der Waals surface area contributed by atoms with Crippen molar-refractivity contribution in [3.05, 3.63) is 228 Å². The number of allylic oxidation sites excluding steroid dienone is 3. The van der Waals surface area contributed by atoms with Gasteiger partial charge in [-0.3, -0.25) is 0 Å². The Labute approximate surface area is 446 Å². The molecule has 4 nitrogen and oxygen atoms in total. The topological polar surface area (TPSA) is 43.9 Å². The van der Waals surface area contributed by atoms with E-state index in [-0.39, 0.29) is 16.7 Å². The van der Waals surface area contributed by atoms with Gasteiger partial charge in [0.1, 0.15) is 11.2 Å². The lowest BCUT2D eigenvalue weighted by atomic mass is 9.76. The Hall–Kier alpha value is -8.78. The van der Waals surface area contributed by atoms with Crippen LogP contribution in [-0.2, 0) is 11.8 Å². The fourth-order valence-corrected chi connectivity index (χ4v) is 11.4. The maximum atomic E-state index is 6.46. The molecule has 0 spiro atoms. The van der Waals surface area contributed by atoms with Crippen LogP contribution in [0.5, 0.6) is 0 Å². The van der Waals surface area contributed by atoms with E-state index in [1.54, 1.807) is 0 Å². The minimum absolute atomic E-state index is 0.0218. The van der Waals surface area contributed by atoms with Crippen LogP contribution in [-0.4, -0.2) is 14.5 Å². The Morgan fingerprint density at radius 3 is 1.84 bits per heavy atom. The number of furan rings is 1. The zero-order chi connectivity index (χ0) is 51.7. The van der Waals surface area contributed by atoms with Gasteiger partial charge in [-0.1, -0.05) is 205 Å². The summed E-state index contributed by atoms with van der Waals surface area (Å²) in [6.07, 6.45) is 7.53. The fraction of sp³-hybridized carbons (Fsp3) is 0.167. The lowest BCUT2D eigenvalue weighted by Gasteiger charge is -2.28. The summed E-state index contributed by atoms with van der Waals surface area (Å²) in [5.74, 6) is 8.49. The van der Waals surface area contributed by atoms with Crippen molar-refractivity contribution >= 4 is 50.1 Å². The van der Waals surface area contributed by atoms with E-state index >= 15 is 0 Å². The van der Waals surface area contributed by atoms with Crippen LogP contribution in [0.2, 0.25) is 0 Å². The highest BCUT2D eigenvalue weighted by Gasteiger charge is 2.30. The second-order valence-corrected chi connectivity index (χ2v) is 22.8. The maximum absolute atomic E-state index is 6.46. The smallest absolute Gasteiger partial charge is 0.160 e. The Morgan fingerprint density at radius 1 is 0.513 bits per heavy atom. The Kier molecular flexibility index (Phi) is 11.5. The van der Waals surface area contributed by atoms with E-state index in [2.05, 4.69) is 246 Å². The fourth-order valence-electron chi connectivity index (χ4n) is 11.4. The second kappa shape index (κ2) is 18.6. The van der Waals surface area contributed by atoms with E-state index in [1.165, 1.54) is 50.0 Å². The molecule has 76 heavy (non-hydrogen) atoms. The molecule has 8 aromatic carbocycles. The first kappa shape index (κ1) is 47.0. The van der Waals surface area contributed by atoms with Gasteiger partial charge in [0.05, 0.1) is 22.6 Å². The summed E-state index contributed by atoms with van der Waals surface area (Å²) in [5, 5.41) is 3.42. The molecule has 3 heterocycles. The summed E-state index contributed by atoms with van der Waals surface area (Å²) in [6, 6.07) is 70.0. The van der Waals surface area contributed by atoms with Gasteiger partial charge in [0, 0.05) is 66.7 Å². The average molecular weight is 982 g/mol. The molecular formula is C72H59N3O. The number of fused-ring (bicyclic) bond motifs is 6. The highest BCUT2D eigenvalue weighted by molar-refractivity contribution is 6.06. The standard InChI is InChI=1S/C72H59N3O/c1-71(2,3)55-33-26-48(27-34-55)59-42-54(64-45-63(73-70(74-64)50-22-14-9-15-23-50)53-30-37-58-57-24-16-17-25-67(57)76-68(58)44-53)43-60(49-28-35-56(36-29-49)72(4,5)6)69(59)75-65-38-31-51(46-18-10-7-11-19-46)40-61(65)62-41-52(32-39-66(62)75)47-20-12-8-13-21-47/h7-28,30-31,33-34,37-38,40-45,56H,32,35,39H2,1-6H3. The largest absolute Gasteiger partial charge is 0.456 e. The average Bonchev–Trinajstić information content (AvgIpc) is 4.00. The molecule has 0 bridgehead atoms. The number of nitrogens with zero attached hydrogens (tertiary/aromatic N) is 3. The van der Waals surface area contributed by atoms with Crippen molar-refractivity contribution in [2.75, 3.05) is 0 Å². The van der Waals surface area contributed by atoms with Crippen LogP contribution in [0.3, 0.4) is 0 Å². The molecule has 0 aliphatic heterocycles. The predicted molar refractivity (Wildman–Crippen MR) is 318 cm³/mol. The molecule has 368 valence electrons. The number of aromatic nitrogens is 3. The van der Waals surface area contributed by atoms with Crippen LogP contribution in [0.4, 0.5) is 0 Å². The minimum Gasteiger partial charge on any atom is -0.456 e. The molecule has 0 N–H and O–H groups in total. The number of rotatable bonds is 8. The Bertz CT molecular complexity index is 4180. The summed E-state index contributed by atoms with van der Waals surface area (Å²) in [7, 11) is 0. The molecule has 2 aliphatic carbocycles. The second-order valence-electron chi connectivity index (χ2n) is 22.8. The molecule has 2 aliphatic rings. The van der Waals surface area contributed by atoms with Crippen molar-refractivity contribution in [2.45, 2.75) is 66.2 Å². The summed E-state index contributed by atoms with van der Waals surface area (Å²) >= 11 is 0. The minimum atomic E-state index is -0.0218. The third-order valence-corrected chi connectivity index (χ3v) is 15.7. The lowest BCUT2D eigenvalue weighted by Crippen LogP contribution is -2.19. The van der Waals surface area contributed by atoms with Gasteiger partial charge in [-0.15, -0.1) is 0 Å². The molecule has 13 rings (SSSR count). The highest BCUT2D eigenvalue weighted by Crippen LogP contribution is 2.47. The SMILES string of the molecule is CC(C)(C)c1ccc(-c2cc(-c3cc(-c4ccc5c(c4)oc4ccccc45)nc(-c4ccccc4)n3)cc(C3=CCC(C(C)(C)C)C#C3)c2-n2c3c(c4cc(-c5ccccc5)ccc42)C=C(c2ccccc2)CC3)cc1. The van der Waals surface area contributed by atoms with Crippen molar-refractivity contribution in [1.82, 2.24) is 14.5 Å². The van der Waals surface area contributed by atoms with Gasteiger partial charge in [0.15, 0.2) is 5.82 Å². The first-order valence-corrected chi connectivity index (χ1v) is 26.8. The van der Waals surface area contributed by atoms with E-state index < -0.39 is 0 Å². The third kappa shape index (κ3) is 8.56. The van der Waals surface area contributed by atoms with Gasteiger partial charge < -0.3 is 8.98 Å². The first-order chi connectivity index (χ1) is 36.9.